The van der Waals surface area contributed by atoms with E-state index >= 15 is 0 Å². The van der Waals surface area contributed by atoms with Gasteiger partial charge in [0.05, 0.1) is 6.20 Å². The number of aryl methyl sites for hydroxylation is 1. The van der Waals surface area contributed by atoms with Gasteiger partial charge in [-0.25, -0.2) is 0 Å². The number of para-hydroxylation sites is 2. The summed E-state index contributed by atoms with van der Waals surface area (Å²) in [6, 6.07) is 8.70. The third kappa shape index (κ3) is 2.26. The molecule has 0 saturated heterocycles. The molecule has 15 heavy (non-hydrogen) atoms. The number of nitrogens with zero attached hydrogens (tertiary/aromatic N) is 1. The number of rotatable bonds is 2. The SMILES string of the molecule is Cc1cncc(Oc2ccccc2O)c1. The minimum Gasteiger partial charge on any atom is -0.504 e. The quantitative estimate of drug-likeness (QED) is 0.812. The van der Waals surface area contributed by atoms with Crippen molar-refractivity contribution in [3.8, 4) is 17.2 Å². The first-order valence-electron chi connectivity index (χ1n) is 4.63. The number of phenols is 1. The van der Waals surface area contributed by atoms with E-state index in [1.807, 2.05) is 13.0 Å². The van der Waals surface area contributed by atoms with Crippen LogP contribution in [0.5, 0.6) is 17.2 Å². The molecule has 76 valence electrons. The van der Waals surface area contributed by atoms with Gasteiger partial charge < -0.3 is 9.84 Å². The van der Waals surface area contributed by atoms with E-state index in [1.165, 1.54) is 0 Å². The average Bonchev–Trinajstić information content (AvgIpc) is 2.22. The summed E-state index contributed by atoms with van der Waals surface area (Å²) in [7, 11) is 0. The van der Waals surface area contributed by atoms with Gasteiger partial charge in [-0.05, 0) is 30.7 Å². The molecule has 3 nitrogen and oxygen atoms in total. The van der Waals surface area contributed by atoms with E-state index in [0.29, 0.717) is 11.5 Å². The maximum atomic E-state index is 9.50. The molecule has 0 spiro atoms. The van der Waals surface area contributed by atoms with Gasteiger partial charge in [0.15, 0.2) is 11.5 Å². The Hall–Kier alpha value is -2.03. The number of aromatic hydroxyl groups is 1. The zero-order valence-electron chi connectivity index (χ0n) is 8.34. The van der Waals surface area contributed by atoms with Crippen LogP contribution in [0.3, 0.4) is 0 Å². The fourth-order valence-corrected chi connectivity index (χ4v) is 1.25. The highest BCUT2D eigenvalue weighted by atomic mass is 16.5. The second-order valence-electron chi connectivity index (χ2n) is 3.27. The van der Waals surface area contributed by atoms with Crippen LogP contribution in [-0.4, -0.2) is 10.1 Å². The van der Waals surface area contributed by atoms with Crippen LogP contribution in [-0.2, 0) is 0 Å². The van der Waals surface area contributed by atoms with Crippen molar-refractivity contribution in [2.24, 2.45) is 0 Å². The smallest absolute Gasteiger partial charge is 0.169 e. The first kappa shape index (κ1) is 9.52. The zero-order chi connectivity index (χ0) is 10.7. The summed E-state index contributed by atoms with van der Waals surface area (Å²) >= 11 is 0. The van der Waals surface area contributed by atoms with Gasteiger partial charge in [-0.1, -0.05) is 12.1 Å². The molecule has 0 unspecified atom stereocenters. The molecule has 0 aliphatic rings. The Bertz CT molecular complexity index is 469. The van der Waals surface area contributed by atoms with Crippen LogP contribution >= 0.6 is 0 Å². The van der Waals surface area contributed by atoms with Crippen LogP contribution in [0.15, 0.2) is 42.7 Å². The molecule has 0 radical (unpaired) electrons. The summed E-state index contributed by atoms with van der Waals surface area (Å²) in [6.07, 6.45) is 3.36. The van der Waals surface area contributed by atoms with Crippen molar-refractivity contribution in [2.45, 2.75) is 6.92 Å². The van der Waals surface area contributed by atoms with Crippen molar-refractivity contribution in [1.82, 2.24) is 4.98 Å². The molecule has 3 heteroatoms. The Morgan fingerprint density at radius 3 is 2.73 bits per heavy atom. The summed E-state index contributed by atoms with van der Waals surface area (Å²) in [5, 5.41) is 9.50. The Morgan fingerprint density at radius 1 is 1.20 bits per heavy atom. The van der Waals surface area contributed by atoms with Gasteiger partial charge in [-0.2, -0.15) is 0 Å². The third-order valence-corrected chi connectivity index (χ3v) is 1.94. The maximum Gasteiger partial charge on any atom is 0.169 e. The van der Waals surface area contributed by atoms with Gasteiger partial charge in [-0.3, -0.25) is 4.98 Å². The summed E-state index contributed by atoms with van der Waals surface area (Å²) < 4.78 is 5.48. The lowest BCUT2D eigenvalue weighted by molar-refractivity contribution is 0.410. The van der Waals surface area contributed by atoms with Crippen molar-refractivity contribution in [2.75, 3.05) is 0 Å². The largest absolute Gasteiger partial charge is 0.504 e. The van der Waals surface area contributed by atoms with Crippen molar-refractivity contribution in [3.05, 3.63) is 48.3 Å². The minimum absolute atomic E-state index is 0.124. The van der Waals surface area contributed by atoms with Crippen molar-refractivity contribution < 1.29 is 9.84 Å². The molecular formula is C12H11NO2. The van der Waals surface area contributed by atoms with Crippen LogP contribution in [0.2, 0.25) is 0 Å². The monoisotopic (exact) mass is 201 g/mol. The van der Waals surface area contributed by atoms with E-state index in [9.17, 15) is 5.11 Å². The summed E-state index contributed by atoms with van der Waals surface area (Å²) in [6.45, 7) is 1.94. The van der Waals surface area contributed by atoms with Crippen LogP contribution in [0, 0.1) is 6.92 Å². The van der Waals surface area contributed by atoms with E-state index in [0.717, 1.165) is 5.56 Å². The molecule has 0 fully saturated rings. The molecule has 2 aromatic rings. The average molecular weight is 201 g/mol. The highest BCUT2D eigenvalue weighted by Crippen LogP contribution is 2.29. The van der Waals surface area contributed by atoms with Crippen LogP contribution in [0.25, 0.3) is 0 Å². The molecule has 0 aliphatic heterocycles. The molecule has 2 rings (SSSR count). The predicted octanol–water partition coefficient (Wildman–Crippen LogP) is 2.89. The summed E-state index contributed by atoms with van der Waals surface area (Å²) in [5.74, 6) is 1.18. The van der Waals surface area contributed by atoms with Crippen molar-refractivity contribution in [3.63, 3.8) is 0 Å². The number of hydrogen-bond acceptors (Lipinski definition) is 3. The topological polar surface area (TPSA) is 42.4 Å². The number of benzene rings is 1. The van der Waals surface area contributed by atoms with Crippen LogP contribution in [0.4, 0.5) is 0 Å². The number of phenolic OH excluding ortho intramolecular Hbond substituents is 1. The molecule has 0 bridgehead atoms. The van der Waals surface area contributed by atoms with Gasteiger partial charge in [0, 0.05) is 6.20 Å². The van der Waals surface area contributed by atoms with E-state index in [1.54, 1.807) is 36.7 Å². The fourth-order valence-electron chi connectivity index (χ4n) is 1.25. The lowest BCUT2D eigenvalue weighted by atomic mass is 10.3. The summed E-state index contributed by atoms with van der Waals surface area (Å²) in [5.41, 5.74) is 1.02. The van der Waals surface area contributed by atoms with Gasteiger partial charge in [0.25, 0.3) is 0 Å². The third-order valence-electron chi connectivity index (χ3n) is 1.94. The molecule has 1 heterocycles. The maximum absolute atomic E-state index is 9.50. The molecule has 0 amide bonds. The second-order valence-corrected chi connectivity index (χ2v) is 3.27. The van der Waals surface area contributed by atoms with Gasteiger partial charge in [0.2, 0.25) is 0 Å². The Morgan fingerprint density at radius 2 is 2.00 bits per heavy atom. The molecule has 0 atom stereocenters. The molecule has 1 aromatic heterocycles. The van der Waals surface area contributed by atoms with Gasteiger partial charge in [-0.15, -0.1) is 0 Å². The first-order chi connectivity index (χ1) is 7.25. The molecule has 1 aromatic carbocycles. The minimum atomic E-state index is 0.124. The number of aromatic nitrogens is 1. The summed E-state index contributed by atoms with van der Waals surface area (Å²) in [4.78, 5) is 4.00. The Balaban J connectivity index is 2.26. The Labute approximate surface area is 88.0 Å². The van der Waals surface area contributed by atoms with Gasteiger partial charge >= 0.3 is 0 Å². The lowest BCUT2D eigenvalue weighted by Gasteiger charge is -2.06. The normalized spacial score (nSPS) is 9.93. The second kappa shape index (κ2) is 4.00. The van der Waals surface area contributed by atoms with Crippen molar-refractivity contribution >= 4 is 0 Å². The highest BCUT2D eigenvalue weighted by molar-refractivity contribution is 5.41. The highest BCUT2D eigenvalue weighted by Gasteiger charge is 2.02. The first-order valence-corrected chi connectivity index (χ1v) is 4.63. The van der Waals surface area contributed by atoms with E-state index in [-0.39, 0.29) is 5.75 Å². The molecule has 0 saturated carbocycles. The fraction of sp³-hybridized carbons (Fsp3) is 0.0833. The van der Waals surface area contributed by atoms with Crippen LogP contribution in [0.1, 0.15) is 5.56 Å². The van der Waals surface area contributed by atoms with E-state index < -0.39 is 0 Å². The van der Waals surface area contributed by atoms with Crippen LogP contribution < -0.4 is 4.74 Å². The number of ether oxygens (including phenoxy) is 1. The molecule has 0 aliphatic carbocycles. The predicted molar refractivity (Wildman–Crippen MR) is 57.2 cm³/mol. The van der Waals surface area contributed by atoms with Crippen molar-refractivity contribution in [1.29, 1.82) is 0 Å². The van der Waals surface area contributed by atoms with E-state index in [4.69, 9.17) is 4.74 Å². The number of hydrogen-bond donors (Lipinski definition) is 1. The van der Waals surface area contributed by atoms with E-state index in [2.05, 4.69) is 4.98 Å². The van der Waals surface area contributed by atoms with Gasteiger partial charge in [0.1, 0.15) is 5.75 Å². The lowest BCUT2D eigenvalue weighted by Crippen LogP contribution is -1.86. The molecular weight excluding hydrogens is 190 g/mol. The number of pyridine rings is 1. The Kier molecular flexibility index (Phi) is 2.54. The standard InChI is InChI=1S/C12H11NO2/c1-9-6-10(8-13-7-9)15-12-5-3-2-4-11(12)14/h2-8,14H,1H3. The zero-order valence-corrected chi connectivity index (χ0v) is 8.34. The molecule has 1 N–H and O–H groups in total.